The van der Waals surface area contributed by atoms with Gasteiger partial charge in [-0.1, -0.05) is 37.1 Å². The van der Waals surface area contributed by atoms with Crippen LogP contribution in [0.4, 0.5) is 18.7 Å². The summed E-state index contributed by atoms with van der Waals surface area (Å²) in [5, 5.41) is 7.69. The van der Waals surface area contributed by atoms with Gasteiger partial charge < -0.3 is 20.3 Å². The maximum atomic E-state index is 14.6. The van der Waals surface area contributed by atoms with Crippen LogP contribution < -0.4 is 15.4 Å². The number of halogens is 2. The van der Waals surface area contributed by atoms with Crippen molar-refractivity contribution in [3.8, 4) is 11.3 Å². The molecule has 1 aromatic heterocycles. The van der Waals surface area contributed by atoms with E-state index in [0.29, 0.717) is 59.6 Å². The number of aromatic nitrogens is 1. The van der Waals surface area contributed by atoms with E-state index in [9.17, 15) is 36.4 Å². The Morgan fingerprint density at radius 3 is 2.59 bits per heavy atom. The van der Waals surface area contributed by atoms with E-state index >= 15 is 0 Å². The quantitative estimate of drug-likeness (QED) is 0.279. The van der Waals surface area contributed by atoms with Crippen LogP contribution in [0, 0.1) is 17.6 Å². The number of amides is 4. The highest BCUT2D eigenvalue weighted by Crippen LogP contribution is 2.46. The zero-order valence-electron chi connectivity index (χ0n) is 30.4. The van der Waals surface area contributed by atoms with Gasteiger partial charge in [-0.25, -0.2) is 27.0 Å². The van der Waals surface area contributed by atoms with Gasteiger partial charge >= 0.3 is 6.09 Å². The highest BCUT2D eigenvalue weighted by Gasteiger charge is 2.62. The number of carbonyl (C=O) groups is 4. The number of fused-ring (bicyclic) bond motifs is 3. The van der Waals surface area contributed by atoms with Gasteiger partial charge in [0.05, 0.1) is 24.0 Å². The fourth-order valence-corrected chi connectivity index (χ4v) is 9.95. The molecular weight excluding hydrogens is 767 g/mol. The number of ether oxygens (including phenoxy) is 1. The van der Waals surface area contributed by atoms with Gasteiger partial charge in [-0.3, -0.25) is 24.0 Å². The molecule has 296 valence electrons. The van der Waals surface area contributed by atoms with Crippen molar-refractivity contribution in [1.29, 1.82) is 0 Å². The molecule has 0 unspecified atom stereocenters. The van der Waals surface area contributed by atoms with Gasteiger partial charge in [0.1, 0.15) is 35.4 Å². The predicted molar refractivity (Wildman–Crippen MR) is 202 cm³/mol. The van der Waals surface area contributed by atoms with E-state index in [1.165, 1.54) is 39.3 Å². The molecule has 5 aliphatic rings. The lowest BCUT2D eigenvalue weighted by atomic mass is 10.1. The second-order valence-corrected chi connectivity index (χ2v) is 18.1. The predicted octanol–water partition coefficient (Wildman–Crippen LogP) is 4.99. The third-order valence-corrected chi connectivity index (χ3v) is 13.8. The number of rotatable bonds is 7. The average Bonchev–Trinajstić information content (AvgIpc) is 3.97. The van der Waals surface area contributed by atoms with E-state index in [1.54, 1.807) is 29.6 Å². The Balaban J connectivity index is 1.06. The van der Waals surface area contributed by atoms with Crippen molar-refractivity contribution < 1.29 is 41.1 Å². The summed E-state index contributed by atoms with van der Waals surface area (Å²) in [6.45, 7) is 0.0185. The van der Waals surface area contributed by atoms with Crippen LogP contribution in [0.5, 0.6) is 0 Å². The lowest BCUT2D eigenvalue weighted by Gasteiger charge is -2.29. The number of hydrogen-bond donors (Lipinski definition) is 3. The lowest BCUT2D eigenvalue weighted by molar-refractivity contribution is -0.140. The Labute approximate surface area is 326 Å². The summed E-state index contributed by atoms with van der Waals surface area (Å²) in [7, 11) is -3.92. The summed E-state index contributed by atoms with van der Waals surface area (Å²) in [4.78, 5) is 63.5. The molecule has 3 fully saturated rings. The minimum atomic E-state index is -3.92. The Morgan fingerprint density at radius 2 is 1.82 bits per heavy atom. The zero-order valence-corrected chi connectivity index (χ0v) is 32.1. The van der Waals surface area contributed by atoms with Crippen molar-refractivity contribution in [3.63, 3.8) is 0 Å². The first-order chi connectivity index (χ1) is 26.9. The second-order valence-electron chi connectivity index (χ2n) is 15.2. The Bertz CT molecular complexity index is 2180. The fourth-order valence-electron chi connectivity index (χ4n) is 7.82. The number of nitrogens with one attached hydrogen (secondary N) is 3. The molecule has 2 aromatic carbocycles. The monoisotopic (exact) mass is 808 g/mol. The lowest BCUT2D eigenvalue weighted by Crippen LogP contribution is -2.57. The van der Waals surface area contributed by atoms with Crippen LogP contribution in [0.25, 0.3) is 11.3 Å². The van der Waals surface area contributed by atoms with Gasteiger partial charge in [0, 0.05) is 35.4 Å². The van der Waals surface area contributed by atoms with E-state index in [2.05, 4.69) is 20.3 Å². The number of benzene rings is 2. The average molecular weight is 809 g/mol. The van der Waals surface area contributed by atoms with Gasteiger partial charge in [-0.05, 0) is 74.4 Å². The number of thiazole rings is 1. The van der Waals surface area contributed by atoms with Gasteiger partial charge in [0.25, 0.3) is 5.91 Å². The van der Waals surface area contributed by atoms with E-state index in [0.717, 1.165) is 12.8 Å². The molecule has 4 heterocycles. The Morgan fingerprint density at radius 1 is 1.02 bits per heavy atom. The summed E-state index contributed by atoms with van der Waals surface area (Å²) in [6.07, 6.45) is 6.46. The van der Waals surface area contributed by atoms with Gasteiger partial charge in [0.2, 0.25) is 21.8 Å². The van der Waals surface area contributed by atoms with Crippen molar-refractivity contribution in [1.82, 2.24) is 24.8 Å². The number of hydrogen-bond acceptors (Lipinski definition) is 10. The number of carbonyl (C=O) groups excluding carboxylic acids is 4. The first-order valence-corrected chi connectivity index (χ1v) is 21.4. The van der Waals surface area contributed by atoms with E-state index < -0.39 is 74.5 Å². The van der Waals surface area contributed by atoms with Crippen molar-refractivity contribution in [2.24, 2.45) is 5.92 Å². The molecule has 56 heavy (non-hydrogen) atoms. The van der Waals surface area contributed by atoms with Crippen molar-refractivity contribution in [3.05, 3.63) is 82.8 Å². The number of allylic oxidation sites excluding steroid dienone is 1. The smallest absolute Gasteiger partial charge is 0.410 e. The molecule has 4 amide bonds. The molecule has 2 saturated carbocycles. The second kappa shape index (κ2) is 15.2. The van der Waals surface area contributed by atoms with Crippen LogP contribution in [0.1, 0.15) is 68.9 Å². The molecule has 0 spiro atoms. The van der Waals surface area contributed by atoms with Crippen LogP contribution in [0.3, 0.4) is 0 Å². The van der Waals surface area contributed by atoms with Crippen LogP contribution in [0.15, 0.2) is 60.0 Å². The molecule has 5 atom stereocenters. The normalized spacial score (nSPS) is 27.2. The molecule has 0 radical (unpaired) electrons. The largest absolute Gasteiger partial charge is 0.444 e. The van der Waals surface area contributed by atoms with E-state index in [1.807, 2.05) is 12.2 Å². The SMILES string of the molecule is O=C1N[C@@]2(C(=O)NS(=O)(=O)C3CC3)C[C@@H]2/C=C\CCCCC[C@H](Nc2nc(-c3ccc(F)cc3)cs2)C(=O)N2C[C@H](OC(=O)N3Cc4cccc(F)c4C3)C[C@@H]12. The maximum Gasteiger partial charge on any atom is 0.410 e. The maximum absolute atomic E-state index is 14.6. The third-order valence-electron chi connectivity index (χ3n) is 11.2. The zero-order chi connectivity index (χ0) is 39.2. The van der Waals surface area contributed by atoms with Crippen molar-refractivity contribution in [2.45, 2.75) is 99.9 Å². The summed E-state index contributed by atoms with van der Waals surface area (Å²) in [6, 6.07) is 8.53. The molecule has 3 aromatic rings. The Kier molecular flexibility index (Phi) is 10.3. The summed E-state index contributed by atoms with van der Waals surface area (Å²) < 4.78 is 61.8. The highest BCUT2D eigenvalue weighted by atomic mass is 32.2. The summed E-state index contributed by atoms with van der Waals surface area (Å²) >= 11 is 1.28. The van der Waals surface area contributed by atoms with Crippen molar-refractivity contribution >= 4 is 50.3 Å². The third kappa shape index (κ3) is 7.88. The molecule has 1 saturated heterocycles. The Hall–Kier alpha value is -4.90. The number of sulfonamides is 1. The summed E-state index contributed by atoms with van der Waals surface area (Å²) in [5.74, 6) is -3.20. The van der Waals surface area contributed by atoms with Gasteiger partial charge in [-0.15, -0.1) is 11.3 Å². The molecule has 0 bridgehead atoms. The molecule has 17 heteroatoms. The topological polar surface area (TPSA) is 167 Å². The van der Waals surface area contributed by atoms with Gasteiger partial charge in [0.15, 0.2) is 5.13 Å². The molecule has 3 N–H and O–H groups in total. The minimum absolute atomic E-state index is 0.0101. The number of nitrogens with zero attached hydrogens (tertiary/aromatic N) is 3. The number of anilines is 1. The fraction of sp³-hybridized carbons (Fsp3) is 0.462. The van der Waals surface area contributed by atoms with Gasteiger partial charge in [-0.2, -0.15) is 0 Å². The standard InChI is InChI=1S/C39H42F2N6O7S2/c40-26-13-11-23(12-14-26)32-22-55-37(43-32)42-31-10-5-3-1-2-4-8-25-18-39(25,36(50)45-56(52,53)28-15-16-28)44-34(48)33-17-27(20-47(33)35(31)49)54-38(51)46-19-24-7-6-9-30(41)29(24)21-46/h4,6-9,11-14,22,25,27-28,31,33H,1-3,5,10,15-21H2,(H,42,43)(H,44,48)(H,45,50)/b8-4-/t25-,27+,31-,33-,39-/m0/s1. The van der Waals surface area contributed by atoms with E-state index in [-0.39, 0.29) is 38.3 Å². The van der Waals surface area contributed by atoms with Crippen molar-refractivity contribution in [2.75, 3.05) is 11.9 Å². The molecule has 2 aliphatic carbocycles. The first kappa shape index (κ1) is 38.0. The van der Waals surface area contributed by atoms with Crippen LogP contribution in [0.2, 0.25) is 0 Å². The first-order valence-electron chi connectivity index (χ1n) is 19.0. The highest BCUT2D eigenvalue weighted by molar-refractivity contribution is 7.91. The minimum Gasteiger partial charge on any atom is -0.444 e. The molecule has 13 nitrogen and oxygen atoms in total. The van der Waals surface area contributed by atoms with Crippen LogP contribution >= 0.6 is 11.3 Å². The van der Waals surface area contributed by atoms with Crippen LogP contribution in [-0.4, -0.2) is 82.5 Å². The van der Waals surface area contributed by atoms with Crippen LogP contribution in [-0.2, 0) is 42.2 Å². The molecule has 8 rings (SSSR count). The summed E-state index contributed by atoms with van der Waals surface area (Å²) in [5.41, 5.74) is 0.809. The van der Waals surface area contributed by atoms with E-state index in [4.69, 9.17) is 4.74 Å². The molecule has 3 aliphatic heterocycles. The molecular formula is C39H42F2N6O7S2.